The normalized spacial score (nSPS) is 21.5. The molecule has 1 amide bonds. The van der Waals surface area contributed by atoms with Crippen molar-refractivity contribution in [1.29, 1.82) is 0 Å². The molecule has 0 aromatic carbocycles. The number of nitrogens with zero attached hydrogens (tertiary/aromatic N) is 4. The van der Waals surface area contributed by atoms with Crippen molar-refractivity contribution < 1.29 is 4.79 Å². The van der Waals surface area contributed by atoms with Crippen molar-refractivity contribution in [3.05, 3.63) is 23.9 Å². The average molecular weight is 345 g/mol. The van der Waals surface area contributed by atoms with Gasteiger partial charge in [-0.15, -0.1) is 0 Å². The van der Waals surface area contributed by atoms with Crippen molar-refractivity contribution in [2.75, 3.05) is 44.2 Å². The SMILES string of the molecule is CCN(CC)c1ccc(C(=O)N2CCCC2CN2CCCCC2)cn1. The highest BCUT2D eigenvalue weighted by Gasteiger charge is 2.31. The van der Waals surface area contributed by atoms with Gasteiger partial charge in [-0.3, -0.25) is 4.79 Å². The lowest BCUT2D eigenvalue weighted by atomic mass is 10.1. The summed E-state index contributed by atoms with van der Waals surface area (Å²) < 4.78 is 0. The number of hydrogen-bond donors (Lipinski definition) is 0. The average Bonchev–Trinajstić information content (AvgIpc) is 3.11. The van der Waals surface area contributed by atoms with Gasteiger partial charge in [-0.2, -0.15) is 0 Å². The summed E-state index contributed by atoms with van der Waals surface area (Å²) in [6.45, 7) is 10.4. The van der Waals surface area contributed by atoms with Crippen LogP contribution in [0.3, 0.4) is 0 Å². The zero-order valence-corrected chi connectivity index (χ0v) is 15.8. The smallest absolute Gasteiger partial charge is 0.255 e. The Morgan fingerprint density at radius 1 is 1.12 bits per heavy atom. The molecule has 0 N–H and O–H groups in total. The van der Waals surface area contributed by atoms with Crippen LogP contribution in [0.1, 0.15) is 56.3 Å². The quantitative estimate of drug-likeness (QED) is 0.795. The molecule has 25 heavy (non-hydrogen) atoms. The standard InChI is InChI=1S/C20H32N4O/c1-3-23(4-2)19-11-10-17(15-21-19)20(25)24-14-8-9-18(24)16-22-12-6-5-7-13-22/h10-11,15,18H,3-9,12-14,16H2,1-2H3. The number of aromatic nitrogens is 1. The van der Waals surface area contributed by atoms with Crippen LogP contribution in [0.15, 0.2) is 18.3 Å². The van der Waals surface area contributed by atoms with Crippen LogP contribution >= 0.6 is 0 Å². The van der Waals surface area contributed by atoms with Gasteiger partial charge in [0.1, 0.15) is 5.82 Å². The maximum Gasteiger partial charge on any atom is 0.255 e. The van der Waals surface area contributed by atoms with E-state index in [1.54, 1.807) is 6.20 Å². The van der Waals surface area contributed by atoms with Gasteiger partial charge in [0, 0.05) is 38.4 Å². The number of hydrogen-bond acceptors (Lipinski definition) is 4. The minimum Gasteiger partial charge on any atom is -0.357 e. The number of carbonyl (C=O) groups is 1. The summed E-state index contributed by atoms with van der Waals surface area (Å²) in [6, 6.07) is 4.29. The van der Waals surface area contributed by atoms with Crippen LogP contribution in [0.2, 0.25) is 0 Å². The summed E-state index contributed by atoms with van der Waals surface area (Å²) >= 11 is 0. The van der Waals surface area contributed by atoms with Gasteiger partial charge in [0.05, 0.1) is 5.56 Å². The fourth-order valence-electron chi connectivity index (χ4n) is 4.15. The first kappa shape index (κ1) is 18.2. The van der Waals surface area contributed by atoms with Crippen LogP contribution in [0, 0.1) is 0 Å². The number of rotatable bonds is 6. The molecule has 138 valence electrons. The minimum atomic E-state index is 0.151. The van der Waals surface area contributed by atoms with Crippen molar-refractivity contribution in [1.82, 2.24) is 14.8 Å². The molecule has 2 aliphatic heterocycles. The molecule has 3 rings (SSSR count). The van der Waals surface area contributed by atoms with E-state index >= 15 is 0 Å². The van der Waals surface area contributed by atoms with Crippen LogP contribution < -0.4 is 4.90 Å². The van der Waals surface area contributed by atoms with Gasteiger partial charge in [-0.05, 0) is 64.8 Å². The fraction of sp³-hybridized carbons (Fsp3) is 0.700. The Morgan fingerprint density at radius 3 is 2.52 bits per heavy atom. The first-order chi connectivity index (χ1) is 12.2. The highest BCUT2D eigenvalue weighted by molar-refractivity contribution is 5.94. The molecule has 1 unspecified atom stereocenters. The maximum atomic E-state index is 13.0. The van der Waals surface area contributed by atoms with Gasteiger partial charge in [0.2, 0.25) is 0 Å². The van der Waals surface area contributed by atoms with Crippen molar-refractivity contribution in [2.24, 2.45) is 0 Å². The molecule has 0 radical (unpaired) electrons. The lowest BCUT2D eigenvalue weighted by Gasteiger charge is -2.33. The lowest BCUT2D eigenvalue weighted by molar-refractivity contribution is 0.0690. The van der Waals surface area contributed by atoms with Gasteiger partial charge in [-0.1, -0.05) is 6.42 Å². The van der Waals surface area contributed by atoms with Crippen LogP contribution in [0.4, 0.5) is 5.82 Å². The van der Waals surface area contributed by atoms with Crippen LogP contribution in [0.5, 0.6) is 0 Å². The first-order valence-corrected chi connectivity index (χ1v) is 9.97. The fourth-order valence-corrected chi connectivity index (χ4v) is 4.15. The Morgan fingerprint density at radius 2 is 1.88 bits per heavy atom. The number of anilines is 1. The van der Waals surface area contributed by atoms with E-state index in [4.69, 9.17) is 0 Å². The predicted octanol–water partition coefficient (Wildman–Crippen LogP) is 3.02. The molecule has 1 aromatic rings. The molecule has 2 aliphatic rings. The predicted molar refractivity (Wildman–Crippen MR) is 102 cm³/mol. The summed E-state index contributed by atoms with van der Waals surface area (Å²) in [5, 5.41) is 0. The largest absolute Gasteiger partial charge is 0.357 e. The van der Waals surface area contributed by atoms with E-state index in [2.05, 4.69) is 33.5 Å². The number of carbonyl (C=O) groups excluding carboxylic acids is 1. The van der Waals surface area contributed by atoms with Gasteiger partial charge in [0.25, 0.3) is 5.91 Å². The molecule has 0 aliphatic carbocycles. The van der Waals surface area contributed by atoms with E-state index in [0.29, 0.717) is 6.04 Å². The summed E-state index contributed by atoms with van der Waals surface area (Å²) in [5.41, 5.74) is 0.724. The van der Waals surface area contributed by atoms with E-state index in [9.17, 15) is 4.79 Å². The summed E-state index contributed by atoms with van der Waals surface area (Å²) in [4.78, 5) is 24.3. The zero-order valence-electron chi connectivity index (χ0n) is 15.8. The van der Waals surface area contributed by atoms with Crippen molar-refractivity contribution >= 4 is 11.7 Å². The first-order valence-electron chi connectivity index (χ1n) is 9.97. The Kier molecular flexibility index (Phi) is 6.29. The van der Waals surface area contributed by atoms with Gasteiger partial charge in [-0.25, -0.2) is 4.98 Å². The van der Waals surface area contributed by atoms with Crippen LogP contribution in [-0.4, -0.2) is 66.0 Å². The van der Waals surface area contributed by atoms with Gasteiger partial charge in [0.15, 0.2) is 0 Å². The van der Waals surface area contributed by atoms with Crippen molar-refractivity contribution in [3.8, 4) is 0 Å². The maximum absolute atomic E-state index is 13.0. The molecule has 1 aromatic heterocycles. The molecular weight excluding hydrogens is 312 g/mol. The van der Waals surface area contributed by atoms with E-state index in [1.165, 1.54) is 32.4 Å². The van der Waals surface area contributed by atoms with E-state index in [1.807, 2.05) is 12.1 Å². The number of piperidine rings is 1. The Labute approximate surface area is 152 Å². The molecule has 2 fully saturated rings. The molecule has 3 heterocycles. The number of pyridine rings is 1. The highest BCUT2D eigenvalue weighted by atomic mass is 16.2. The molecule has 2 saturated heterocycles. The second kappa shape index (κ2) is 8.65. The van der Waals surface area contributed by atoms with E-state index in [-0.39, 0.29) is 5.91 Å². The number of amides is 1. The van der Waals surface area contributed by atoms with Crippen molar-refractivity contribution in [3.63, 3.8) is 0 Å². The highest BCUT2D eigenvalue weighted by Crippen LogP contribution is 2.23. The lowest BCUT2D eigenvalue weighted by Crippen LogP contribution is -2.44. The van der Waals surface area contributed by atoms with Crippen LogP contribution in [0.25, 0.3) is 0 Å². The summed E-state index contributed by atoms with van der Waals surface area (Å²) in [5.74, 6) is 1.10. The third kappa shape index (κ3) is 4.32. The monoisotopic (exact) mass is 344 g/mol. The molecule has 5 heteroatoms. The van der Waals surface area contributed by atoms with E-state index < -0.39 is 0 Å². The molecule has 5 nitrogen and oxygen atoms in total. The molecule has 0 bridgehead atoms. The molecule has 1 atom stereocenters. The Bertz CT molecular complexity index is 549. The zero-order chi connectivity index (χ0) is 17.6. The van der Waals surface area contributed by atoms with Crippen molar-refractivity contribution in [2.45, 2.75) is 52.0 Å². The van der Waals surface area contributed by atoms with Gasteiger partial charge < -0.3 is 14.7 Å². The Hall–Kier alpha value is -1.62. The molecular formula is C20H32N4O. The second-order valence-corrected chi connectivity index (χ2v) is 7.23. The van der Waals surface area contributed by atoms with Gasteiger partial charge >= 0.3 is 0 Å². The molecule has 0 spiro atoms. The molecule has 0 saturated carbocycles. The number of likely N-dealkylation sites (tertiary alicyclic amines) is 2. The third-order valence-corrected chi connectivity index (χ3v) is 5.64. The summed E-state index contributed by atoms with van der Waals surface area (Å²) in [7, 11) is 0. The van der Waals surface area contributed by atoms with E-state index in [0.717, 1.165) is 50.4 Å². The summed E-state index contributed by atoms with van der Waals surface area (Å²) in [6.07, 6.45) is 7.97. The Balaban J connectivity index is 1.64. The minimum absolute atomic E-state index is 0.151. The van der Waals surface area contributed by atoms with Crippen LogP contribution in [-0.2, 0) is 0 Å². The topological polar surface area (TPSA) is 39.7 Å². The third-order valence-electron chi connectivity index (χ3n) is 5.64. The second-order valence-electron chi connectivity index (χ2n) is 7.23.